The third-order valence-electron chi connectivity index (χ3n) is 2.87. The highest BCUT2D eigenvalue weighted by atomic mass is 19.1. The van der Waals surface area contributed by atoms with E-state index in [0.717, 1.165) is 11.6 Å². The minimum Gasteiger partial charge on any atom is -0.460 e. The SMILES string of the molecule is N#Cc1ccc(COC(=O)Cc2cccc(N)c2)c(F)c1. The number of nitrogens with zero attached hydrogens (tertiary/aromatic N) is 1. The van der Waals surface area contributed by atoms with Crippen LogP contribution < -0.4 is 5.73 Å². The smallest absolute Gasteiger partial charge is 0.310 e. The van der Waals surface area contributed by atoms with Gasteiger partial charge in [0.1, 0.15) is 12.4 Å². The molecule has 2 aromatic rings. The zero-order valence-electron chi connectivity index (χ0n) is 11.2. The van der Waals surface area contributed by atoms with Crippen molar-refractivity contribution in [1.29, 1.82) is 5.26 Å². The lowest BCUT2D eigenvalue weighted by molar-refractivity contribution is -0.144. The molecule has 4 nitrogen and oxygen atoms in total. The Morgan fingerprint density at radius 3 is 2.76 bits per heavy atom. The highest BCUT2D eigenvalue weighted by Gasteiger charge is 2.09. The van der Waals surface area contributed by atoms with Gasteiger partial charge in [0.25, 0.3) is 0 Å². The molecule has 2 rings (SSSR count). The molecule has 106 valence electrons. The number of hydrogen-bond donors (Lipinski definition) is 1. The van der Waals surface area contributed by atoms with Crippen LogP contribution in [0.4, 0.5) is 10.1 Å². The molecule has 0 amide bonds. The molecule has 0 radical (unpaired) electrons. The van der Waals surface area contributed by atoms with E-state index < -0.39 is 11.8 Å². The van der Waals surface area contributed by atoms with Gasteiger partial charge in [-0.3, -0.25) is 4.79 Å². The van der Waals surface area contributed by atoms with E-state index in [1.54, 1.807) is 24.3 Å². The van der Waals surface area contributed by atoms with E-state index in [4.69, 9.17) is 15.7 Å². The van der Waals surface area contributed by atoms with Crippen LogP contribution in [0.5, 0.6) is 0 Å². The Bertz CT molecular complexity index is 708. The molecule has 0 fully saturated rings. The minimum atomic E-state index is -0.564. The molecule has 0 aliphatic rings. The first-order valence-electron chi connectivity index (χ1n) is 6.27. The largest absolute Gasteiger partial charge is 0.460 e. The molecule has 21 heavy (non-hydrogen) atoms. The predicted molar refractivity (Wildman–Crippen MR) is 75.5 cm³/mol. The summed E-state index contributed by atoms with van der Waals surface area (Å²) in [5, 5.41) is 8.65. The maximum Gasteiger partial charge on any atom is 0.310 e. The summed E-state index contributed by atoms with van der Waals surface area (Å²) in [5.74, 6) is -1.03. The van der Waals surface area contributed by atoms with Gasteiger partial charge in [0, 0.05) is 11.3 Å². The molecule has 0 aromatic heterocycles. The van der Waals surface area contributed by atoms with Crippen molar-refractivity contribution in [1.82, 2.24) is 0 Å². The summed E-state index contributed by atoms with van der Waals surface area (Å²) in [7, 11) is 0. The third kappa shape index (κ3) is 4.05. The average molecular weight is 284 g/mol. The first kappa shape index (κ1) is 14.5. The maximum atomic E-state index is 13.6. The van der Waals surface area contributed by atoms with Gasteiger partial charge in [-0.1, -0.05) is 18.2 Å². The van der Waals surface area contributed by atoms with Crippen LogP contribution >= 0.6 is 0 Å². The summed E-state index contributed by atoms with van der Waals surface area (Å²) >= 11 is 0. The van der Waals surface area contributed by atoms with Crippen LogP contribution in [0, 0.1) is 17.1 Å². The van der Waals surface area contributed by atoms with Gasteiger partial charge < -0.3 is 10.5 Å². The van der Waals surface area contributed by atoms with Crippen molar-refractivity contribution in [3.05, 3.63) is 65.0 Å². The number of benzene rings is 2. The Morgan fingerprint density at radius 2 is 2.10 bits per heavy atom. The van der Waals surface area contributed by atoms with Gasteiger partial charge in [-0.15, -0.1) is 0 Å². The molecule has 0 saturated carbocycles. The number of nitriles is 1. The first-order chi connectivity index (χ1) is 10.1. The second-order valence-corrected chi connectivity index (χ2v) is 4.50. The highest BCUT2D eigenvalue weighted by molar-refractivity contribution is 5.73. The number of hydrogen-bond acceptors (Lipinski definition) is 4. The number of esters is 1. The monoisotopic (exact) mass is 284 g/mol. The molecule has 0 unspecified atom stereocenters. The fourth-order valence-corrected chi connectivity index (χ4v) is 1.81. The molecule has 0 atom stereocenters. The molecule has 0 bridgehead atoms. The number of nitrogen functional groups attached to an aromatic ring is 1. The van der Waals surface area contributed by atoms with Crippen molar-refractivity contribution in [3.8, 4) is 6.07 Å². The van der Waals surface area contributed by atoms with Gasteiger partial charge >= 0.3 is 5.97 Å². The van der Waals surface area contributed by atoms with Crippen LogP contribution in [0.1, 0.15) is 16.7 Å². The molecule has 0 aliphatic heterocycles. The third-order valence-corrected chi connectivity index (χ3v) is 2.87. The molecule has 2 aromatic carbocycles. The fourth-order valence-electron chi connectivity index (χ4n) is 1.81. The van der Waals surface area contributed by atoms with Crippen molar-refractivity contribution in [2.24, 2.45) is 0 Å². The van der Waals surface area contributed by atoms with Gasteiger partial charge in [0.2, 0.25) is 0 Å². The van der Waals surface area contributed by atoms with E-state index in [1.807, 2.05) is 6.07 Å². The number of carbonyl (C=O) groups is 1. The van der Waals surface area contributed by atoms with E-state index in [9.17, 15) is 9.18 Å². The van der Waals surface area contributed by atoms with E-state index in [-0.39, 0.29) is 24.2 Å². The second kappa shape index (κ2) is 6.53. The van der Waals surface area contributed by atoms with Gasteiger partial charge in [-0.05, 0) is 29.8 Å². The van der Waals surface area contributed by atoms with E-state index in [0.29, 0.717) is 5.69 Å². The number of ether oxygens (including phenoxy) is 1. The predicted octanol–water partition coefficient (Wildman–Crippen LogP) is 2.57. The normalized spacial score (nSPS) is 9.90. The van der Waals surface area contributed by atoms with E-state index >= 15 is 0 Å². The van der Waals surface area contributed by atoms with Crippen LogP contribution in [-0.4, -0.2) is 5.97 Å². The Balaban J connectivity index is 1.94. The van der Waals surface area contributed by atoms with E-state index in [2.05, 4.69) is 0 Å². The molecular formula is C16H13FN2O2. The lowest BCUT2D eigenvalue weighted by Gasteiger charge is -2.06. The molecule has 2 N–H and O–H groups in total. The van der Waals surface area contributed by atoms with Crippen molar-refractivity contribution in [3.63, 3.8) is 0 Å². The molecular weight excluding hydrogens is 271 g/mol. The molecule has 0 saturated heterocycles. The summed E-state index contributed by atoms with van der Waals surface area (Å²) in [4.78, 5) is 11.7. The summed E-state index contributed by atoms with van der Waals surface area (Å²) in [6.45, 7) is -0.168. The average Bonchev–Trinajstić information content (AvgIpc) is 2.46. The van der Waals surface area contributed by atoms with Crippen LogP contribution in [0.3, 0.4) is 0 Å². The molecule has 5 heteroatoms. The topological polar surface area (TPSA) is 76.1 Å². The van der Waals surface area contributed by atoms with Crippen LogP contribution in [0.25, 0.3) is 0 Å². The van der Waals surface area contributed by atoms with E-state index in [1.165, 1.54) is 12.1 Å². The Labute approximate surface area is 121 Å². The Kier molecular flexibility index (Phi) is 4.52. The summed E-state index contributed by atoms with van der Waals surface area (Å²) in [6, 6.07) is 12.8. The standard InChI is InChI=1S/C16H13FN2O2/c17-15-7-12(9-18)4-5-13(15)10-21-16(20)8-11-2-1-3-14(19)6-11/h1-7H,8,10,19H2. The van der Waals surface area contributed by atoms with Crippen molar-refractivity contribution in [2.45, 2.75) is 13.0 Å². The van der Waals surface area contributed by atoms with Gasteiger partial charge in [0.15, 0.2) is 0 Å². The quantitative estimate of drug-likeness (QED) is 0.691. The lowest BCUT2D eigenvalue weighted by Crippen LogP contribution is -2.09. The number of nitrogens with two attached hydrogens (primary N) is 1. The van der Waals surface area contributed by atoms with Crippen LogP contribution in [0.2, 0.25) is 0 Å². The molecule has 0 heterocycles. The fraction of sp³-hybridized carbons (Fsp3) is 0.125. The van der Waals surface area contributed by atoms with Gasteiger partial charge in [-0.2, -0.15) is 5.26 Å². The highest BCUT2D eigenvalue weighted by Crippen LogP contribution is 2.12. The van der Waals surface area contributed by atoms with Gasteiger partial charge in [-0.25, -0.2) is 4.39 Å². The number of carbonyl (C=O) groups excluding carboxylic acids is 1. The Hall–Kier alpha value is -2.87. The van der Waals surface area contributed by atoms with Crippen molar-refractivity contribution >= 4 is 11.7 Å². The number of halogens is 1. The van der Waals surface area contributed by atoms with Crippen LogP contribution in [-0.2, 0) is 22.6 Å². The molecule has 0 aliphatic carbocycles. The molecule has 0 spiro atoms. The van der Waals surface area contributed by atoms with Crippen LogP contribution in [0.15, 0.2) is 42.5 Å². The van der Waals surface area contributed by atoms with Crippen molar-refractivity contribution in [2.75, 3.05) is 5.73 Å². The maximum absolute atomic E-state index is 13.6. The first-order valence-corrected chi connectivity index (χ1v) is 6.27. The minimum absolute atomic E-state index is 0.0724. The number of rotatable bonds is 4. The van der Waals surface area contributed by atoms with Gasteiger partial charge in [0.05, 0.1) is 18.1 Å². The summed E-state index contributed by atoms with van der Waals surface area (Å²) < 4.78 is 18.6. The lowest BCUT2D eigenvalue weighted by atomic mass is 10.1. The Morgan fingerprint density at radius 1 is 1.29 bits per heavy atom. The zero-order chi connectivity index (χ0) is 15.2. The number of anilines is 1. The zero-order valence-corrected chi connectivity index (χ0v) is 11.2. The van der Waals surface area contributed by atoms with Crippen molar-refractivity contribution < 1.29 is 13.9 Å². The summed E-state index contributed by atoms with van der Waals surface area (Å²) in [5.41, 5.74) is 7.38. The second-order valence-electron chi connectivity index (χ2n) is 4.50. The summed E-state index contributed by atoms with van der Waals surface area (Å²) in [6.07, 6.45) is 0.0724.